The molecule has 2 nitrogen and oxygen atoms in total. The molecular weight excluding hydrogens is 229 g/mol. The van der Waals surface area contributed by atoms with Crippen molar-refractivity contribution >= 4 is 17.3 Å². The summed E-state index contributed by atoms with van der Waals surface area (Å²) in [5.41, 5.74) is 1.62. The third-order valence-electron chi connectivity index (χ3n) is 2.73. The molecule has 1 aromatic rings. The number of halogens is 2. The molecule has 0 bridgehead atoms. The molecule has 0 aromatic heterocycles. The molecule has 1 atom stereocenters. The van der Waals surface area contributed by atoms with Gasteiger partial charge in [0.05, 0.1) is 12.0 Å². The zero-order valence-corrected chi connectivity index (χ0v) is 9.67. The maximum atomic E-state index is 13.4. The number of hydrogen-bond acceptors (Lipinski definition) is 2. The van der Waals surface area contributed by atoms with Gasteiger partial charge in [0.1, 0.15) is 5.82 Å². The van der Waals surface area contributed by atoms with Crippen molar-refractivity contribution in [1.82, 2.24) is 0 Å². The lowest BCUT2D eigenvalue weighted by atomic mass is 10.1. The Morgan fingerprint density at radius 3 is 2.88 bits per heavy atom. The molecule has 1 aromatic carbocycles. The molecular formula is C12H15ClFNO. The second-order valence-corrected chi connectivity index (χ2v) is 4.51. The van der Waals surface area contributed by atoms with E-state index < -0.39 is 6.10 Å². The number of alkyl halides is 1. The van der Waals surface area contributed by atoms with Crippen LogP contribution in [0.2, 0.25) is 0 Å². The average molecular weight is 244 g/mol. The standard InChI is InChI=1S/C12H15ClFNO/c13-6-10(16)7-15-9-3-4-12(14)11(5-9)8-1-2-8/h3-5,8,10,15-16H,1-2,6-7H2. The SMILES string of the molecule is OC(CCl)CNc1ccc(F)c(C2CC2)c1. The Hall–Kier alpha value is -0.800. The Morgan fingerprint density at radius 2 is 2.25 bits per heavy atom. The van der Waals surface area contributed by atoms with Gasteiger partial charge in [-0.1, -0.05) is 0 Å². The molecule has 0 saturated heterocycles. The van der Waals surface area contributed by atoms with Crippen LogP contribution in [0.25, 0.3) is 0 Å². The first-order chi connectivity index (χ1) is 7.70. The second-order valence-electron chi connectivity index (χ2n) is 4.20. The average Bonchev–Trinajstić information content (AvgIpc) is 3.11. The quantitative estimate of drug-likeness (QED) is 0.780. The first-order valence-electron chi connectivity index (χ1n) is 5.48. The Morgan fingerprint density at radius 1 is 1.50 bits per heavy atom. The van der Waals surface area contributed by atoms with Gasteiger partial charge in [0.15, 0.2) is 0 Å². The van der Waals surface area contributed by atoms with Gasteiger partial charge >= 0.3 is 0 Å². The van der Waals surface area contributed by atoms with Crippen molar-refractivity contribution in [2.24, 2.45) is 0 Å². The van der Waals surface area contributed by atoms with Gasteiger partial charge in [0.2, 0.25) is 0 Å². The van der Waals surface area contributed by atoms with E-state index in [4.69, 9.17) is 11.6 Å². The van der Waals surface area contributed by atoms with E-state index in [0.29, 0.717) is 12.5 Å². The predicted octanol–water partition coefficient (Wildman–Crippen LogP) is 2.71. The lowest BCUT2D eigenvalue weighted by Crippen LogP contribution is -2.20. The Balaban J connectivity index is 2.01. The summed E-state index contributed by atoms with van der Waals surface area (Å²) in [6.07, 6.45) is 1.58. The lowest BCUT2D eigenvalue weighted by molar-refractivity contribution is 0.211. The highest BCUT2D eigenvalue weighted by molar-refractivity contribution is 6.18. The van der Waals surface area contributed by atoms with E-state index >= 15 is 0 Å². The highest BCUT2D eigenvalue weighted by Gasteiger charge is 2.26. The van der Waals surface area contributed by atoms with Gasteiger partial charge < -0.3 is 10.4 Å². The maximum Gasteiger partial charge on any atom is 0.126 e. The summed E-state index contributed by atoms with van der Waals surface area (Å²) in [7, 11) is 0. The number of rotatable bonds is 5. The normalized spacial score (nSPS) is 17.2. The monoisotopic (exact) mass is 243 g/mol. The van der Waals surface area contributed by atoms with Crippen molar-refractivity contribution in [1.29, 1.82) is 0 Å². The molecule has 2 N–H and O–H groups in total. The molecule has 1 aliphatic carbocycles. The van der Waals surface area contributed by atoms with Gasteiger partial charge in [0.25, 0.3) is 0 Å². The molecule has 2 rings (SSSR count). The summed E-state index contributed by atoms with van der Waals surface area (Å²) >= 11 is 5.49. The predicted molar refractivity (Wildman–Crippen MR) is 63.6 cm³/mol. The number of anilines is 1. The van der Waals surface area contributed by atoms with Crippen molar-refractivity contribution in [3.05, 3.63) is 29.6 Å². The molecule has 0 aliphatic heterocycles. The second kappa shape index (κ2) is 5.02. The van der Waals surface area contributed by atoms with Crippen LogP contribution in [0.4, 0.5) is 10.1 Å². The fourth-order valence-electron chi connectivity index (χ4n) is 1.65. The van der Waals surface area contributed by atoms with Crippen LogP contribution < -0.4 is 5.32 Å². The van der Waals surface area contributed by atoms with Crippen molar-refractivity contribution in [3.63, 3.8) is 0 Å². The summed E-state index contributed by atoms with van der Waals surface area (Å²) in [4.78, 5) is 0. The number of aliphatic hydroxyl groups excluding tert-OH is 1. The van der Waals surface area contributed by atoms with Gasteiger partial charge in [-0.2, -0.15) is 0 Å². The largest absolute Gasteiger partial charge is 0.390 e. The van der Waals surface area contributed by atoms with E-state index in [-0.39, 0.29) is 11.7 Å². The minimum atomic E-state index is -0.573. The Bertz CT molecular complexity index is 368. The molecule has 1 saturated carbocycles. The van der Waals surface area contributed by atoms with Crippen LogP contribution in [-0.2, 0) is 0 Å². The number of hydrogen-bond donors (Lipinski definition) is 2. The zero-order chi connectivity index (χ0) is 11.5. The molecule has 4 heteroatoms. The van der Waals surface area contributed by atoms with E-state index in [2.05, 4.69) is 5.32 Å². The molecule has 0 amide bonds. The van der Waals surface area contributed by atoms with Gasteiger partial charge in [-0.25, -0.2) is 4.39 Å². The van der Waals surface area contributed by atoms with E-state index in [1.807, 2.05) is 6.07 Å². The van der Waals surface area contributed by atoms with Crippen LogP contribution in [-0.4, -0.2) is 23.6 Å². The molecule has 1 fully saturated rings. The molecule has 0 radical (unpaired) electrons. The topological polar surface area (TPSA) is 32.3 Å². The first-order valence-corrected chi connectivity index (χ1v) is 6.01. The van der Waals surface area contributed by atoms with E-state index in [0.717, 1.165) is 24.1 Å². The molecule has 0 heterocycles. The van der Waals surface area contributed by atoms with Gasteiger partial charge in [0, 0.05) is 12.2 Å². The number of aliphatic hydroxyl groups is 1. The fraction of sp³-hybridized carbons (Fsp3) is 0.500. The van der Waals surface area contributed by atoms with Crippen LogP contribution >= 0.6 is 11.6 Å². The summed E-state index contributed by atoms with van der Waals surface area (Å²) in [5.74, 6) is 0.453. The number of nitrogens with one attached hydrogen (secondary N) is 1. The lowest BCUT2D eigenvalue weighted by Gasteiger charge is -2.11. The summed E-state index contributed by atoms with van der Waals surface area (Å²) < 4.78 is 13.4. The first kappa shape index (κ1) is 11.7. The third kappa shape index (κ3) is 2.86. The Labute approximate surface area is 99.4 Å². The van der Waals surface area contributed by atoms with Gasteiger partial charge in [-0.15, -0.1) is 11.6 Å². The Kier molecular flexibility index (Phi) is 3.66. The minimum absolute atomic E-state index is 0.133. The van der Waals surface area contributed by atoms with E-state index in [1.165, 1.54) is 6.07 Å². The summed E-state index contributed by atoms with van der Waals surface area (Å²) in [6.45, 7) is 0.388. The molecule has 16 heavy (non-hydrogen) atoms. The zero-order valence-electron chi connectivity index (χ0n) is 8.92. The van der Waals surface area contributed by atoms with Crippen LogP contribution in [0.5, 0.6) is 0 Å². The highest BCUT2D eigenvalue weighted by Crippen LogP contribution is 2.41. The van der Waals surface area contributed by atoms with Crippen LogP contribution in [0.3, 0.4) is 0 Å². The van der Waals surface area contributed by atoms with Crippen LogP contribution in [0.15, 0.2) is 18.2 Å². The van der Waals surface area contributed by atoms with E-state index in [9.17, 15) is 9.50 Å². The highest BCUT2D eigenvalue weighted by atomic mass is 35.5. The van der Waals surface area contributed by atoms with Crippen LogP contribution in [0, 0.1) is 5.82 Å². The van der Waals surface area contributed by atoms with Crippen molar-refractivity contribution < 1.29 is 9.50 Å². The molecule has 1 aliphatic rings. The molecule has 88 valence electrons. The van der Waals surface area contributed by atoms with E-state index in [1.54, 1.807) is 6.07 Å². The minimum Gasteiger partial charge on any atom is -0.390 e. The van der Waals surface area contributed by atoms with Crippen molar-refractivity contribution in [3.8, 4) is 0 Å². The van der Waals surface area contributed by atoms with Crippen molar-refractivity contribution in [2.45, 2.75) is 24.9 Å². The maximum absolute atomic E-state index is 13.4. The van der Waals surface area contributed by atoms with Gasteiger partial charge in [-0.05, 0) is 42.5 Å². The van der Waals surface area contributed by atoms with Crippen LogP contribution in [0.1, 0.15) is 24.3 Å². The van der Waals surface area contributed by atoms with Gasteiger partial charge in [-0.3, -0.25) is 0 Å². The molecule has 0 spiro atoms. The number of benzene rings is 1. The fourth-order valence-corrected chi connectivity index (χ4v) is 1.76. The summed E-state index contributed by atoms with van der Waals surface area (Å²) in [6, 6.07) is 4.99. The smallest absolute Gasteiger partial charge is 0.126 e. The third-order valence-corrected chi connectivity index (χ3v) is 3.09. The van der Waals surface area contributed by atoms with Crippen molar-refractivity contribution in [2.75, 3.05) is 17.7 Å². The summed E-state index contributed by atoms with van der Waals surface area (Å²) in [5, 5.41) is 12.3. The molecule has 1 unspecified atom stereocenters.